The van der Waals surface area contributed by atoms with Gasteiger partial charge in [-0.05, 0) is 6.42 Å². The van der Waals surface area contributed by atoms with E-state index in [0.29, 0.717) is 6.42 Å². The monoisotopic (exact) mass is 309 g/mol. The summed E-state index contributed by atoms with van der Waals surface area (Å²) in [5, 5.41) is 1.54. The second kappa shape index (κ2) is 7.02. The van der Waals surface area contributed by atoms with Crippen molar-refractivity contribution >= 4 is 23.3 Å². The molecule has 0 aromatic carbocycles. The average molecular weight is 310 g/mol. The van der Waals surface area contributed by atoms with Crippen LogP contribution in [0.2, 0.25) is 0 Å². The highest BCUT2D eigenvalue weighted by atomic mass is 35.5. The molecule has 0 aliphatic heterocycles. The van der Waals surface area contributed by atoms with Gasteiger partial charge in [-0.2, -0.15) is 22.0 Å². The summed E-state index contributed by atoms with van der Waals surface area (Å²) in [7, 11) is 0. The molecule has 1 amide bonds. The maximum Gasteiger partial charge on any atom is 0.463 e. The van der Waals surface area contributed by atoms with Crippen LogP contribution in [0.4, 0.5) is 22.0 Å². The fourth-order valence-corrected chi connectivity index (χ4v) is 1.42. The zero-order valence-electron chi connectivity index (χ0n) is 9.99. The number of rotatable bonds is 7. The van der Waals surface area contributed by atoms with Crippen molar-refractivity contribution in [1.82, 2.24) is 5.32 Å². The van der Waals surface area contributed by atoms with Crippen LogP contribution in [0.1, 0.15) is 26.2 Å². The highest BCUT2D eigenvalue weighted by Crippen LogP contribution is 2.35. The molecule has 9 heteroatoms. The van der Waals surface area contributed by atoms with Crippen LogP contribution >= 0.6 is 11.6 Å². The standard InChI is InChI=1S/C10H13ClF5NO2/c1-2-3-6(4-7(18)5-11)17-8(19)9(12,13)10(14,15)16/h6H,2-5H2,1H3,(H,17,19). The molecule has 0 radical (unpaired) electrons. The summed E-state index contributed by atoms with van der Waals surface area (Å²) in [5.74, 6) is -8.88. The molecule has 0 fully saturated rings. The van der Waals surface area contributed by atoms with Crippen molar-refractivity contribution in [3.05, 3.63) is 0 Å². The molecule has 1 atom stereocenters. The topological polar surface area (TPSA) is 46.2 Å². The number of nitrogens with one attached hydrogen (secondary N) is 1. The Kier molecular flexibility index (Phi) is 6.68. The molecule has 0 aliphatic rings. The van der Waals surface area contributed by atoms with Crippen LogP contribution in [-0.2, 0) is 9.59 Å². The van der Waals surface area contributed by atoms with Crippen molar-refractivity contribution in [3.63, 3.8) is 0 Å². The lowest BCUT2D eigenvalue weighted by molar-refractivity contribution is -0.270. The van der Waals surface area contributed by atoms with Gasteiger partial charge in [-0.1, -0.05) is 13.3 Å². The van der Waals surface area contributed by atoms with Crippen LogP contribution in [-0.4, -0.2) is 35.7 Å². The lowest BCUT2D eigenvalue weighted by Crippen LogP contribution is -2.53. The normalized spacial score (nSPS) is 14.1. The van der Waals surface area contributed by atoms with E-state index in [2.05, 4.69) is 0 Å². The Morgan fingerprint density at radius 3 is 2.11 bits per heavy atom. The minimum absolute atomic E-state index is 0.0995. The van der Waals surface area contributed by atoms with Gasteiger partial charge in [0.15, 0.2) is 0 Å². The van der Waals surface area contributed by atoms with Gasteiger partial charge in [0.05, 0.1) is 5.88 Å². The number of hydrogen-bond donors (Lipinski definition) is 1. The highest BCUT2D eigenvalue weighted by Gasteiger charge is 2.63. The van der Waals surface area contributed by atoms with Gasteiger partial charge in [0.1, 0.15) is 5.78 Å². The number of halogens is 6. The highest BCUT2D eigenvalue weighted by molar-refractivity contribution is 6.27. The molecule has 3 nitrogen and oxygen atoms in total. The molecule has 0 saturated heterocycles. The molecular formula is C10H13ClF5NO2. The fraction of sp³-hybridized carbons (Fsp3) is 0.800. The van der Waals surface area contributed by atoms with Crippen LogP contribution in [0, 0.1) is 0 Å². The first kappa shape index (κ1) is 18.1. The first-order valence-electron chi connectivity index (χ1n) is 5.39. The van der Waals surface area contributed by atoms with E-state index in [1.165, 1.54) is 0 Å². The van der Waals surface area contributed by atoms with Crippen LogP contribution < -0.4 is 5.32 Å². The minimum Gasteiger partial charge on any atom is -0.347 e. The predicted molar refractivity (Wildman–Crippen MR) is 58.2 cm³/mol. The van der Waals surface area contributed by atoms with E-state index >= 15 is 0 Å². The quantitative estimate of drug-likeness (QED) is 0.580. The molecule has 0 rings (SSSR count). The first-order chi connectivity index (χ1) is 8.56. The molecule has 19 heavy (non-hydrogen) atoms. The second-order valence-corrected chi connectivity index (χ2v) is 4.17. The van der Waals surface area contributed by atoms with Gasteiger partial charge in [-0.25, -0.2) is 0 Å². The molecule has 0 aromatic rings. The summed E-state index contributed by atoms with van der Waals surface area (Å²) in [5.41, 5.74) is 0. The third kappa shape index (κ3) is 5.30. The largest absolute Gasteiger partial charge is 0.463 e. The van der Waals surface area contributed by atoms with E-state index in [-0.39, 0.29) is 12.8 Å². The molecule has 0 aliphatic carbocycles. The van der Waals surface area contributed by atoms with E-state index in [4.69, 9.17) is 11.6 Å². The smallest absolute Gasteiger partial charge is 0.347 e. The van der Waals surface area contributed by atoms with Crippen LogP contribution in [0.3, 0.4) is 0 Å². The second-order valence-electron chi connectivity index (χ2n) is 3.91. The van der Waals surface area contributed by atoms with Gasteiger partial charge >= 0.3 is 18.0 Å². The number of hydrogen-bond acceptors (Lipinski definition) is 2. The molecule has 0 saturated carbocycles. The third-order valence-corrected chi connectivity index (χ3v) is 2.53. The van der Waals surface area contributed by atoms with Crippen molar-refractivity contribution in [2.45, 2.75) is 44.3 Å². The molecule has 1 unspecified atom stereocenters. The van der Waals surface area contributed by atoms with Gasteiger partial charge in [0.25, 0.3) is 0 Å². The Hall–Kier alpha value is -0.920. The minimum atomic E-state index is -5.97. The zero-order valence-corrected chi connectivity index (χ0v) is 10.7. The zero-order chi connectivity index (χ0) is 15.3. The number of ketones is 1. The number of amides is 1. The Balaban J connectivity index is 4.76. The van der Waals surface area contributed by atoms with Gasteiger partial charge in [0, 0.05) is 12.5 Å². The van der Waals surface area contributed by atoms with E-state index in [1.54, 1.807) is 12.2 Å². The number of alkyl halides is 6. The molecule has 0 spiro atoms. The molecule has 0 bridgehead atoms. The van der Waals surface area contributed by atoms with Gasteiger partial charge in [-0.15, -0.1) is 11.6 Å². The summed E-state index contributed by atoms with van der Waals surface area (Å²) in [6.07, 6.45) is -5.85. The maximum absolute atomic E-state index is 12.7. The average Bonchev–Trinajstić information content (AvgIpc) is 2.27. The third-order valence-electron chi connectivity index (χ3n) is 2.24. The summed E-state index contributed by atoms with van der Waals surface area (Å²) < 4.78 is 61.2. The Morgan fingerprint density at radius 2 is 1.74 bits per heavy atom. The van der Waals surface area contributed by atoms with Crippen molar-refractivity contribution in [1.29, 1.82) is 0 Å². The summed E-state index contributed by atoms with van der Waals surface area (Å²) in [4.78, 5) is 22.0. The fourth-order valence-electron chi connectivity index (χ4n) is 1.31. The lowest BCUT2D eigenvalue weighted by atomic mass is 10.1. The number of carbonyl (C=O) groups excluding carboxylic acids is 2. The van der Waals surface area contributed by atoms with Gasteiger partial charge in [0.2, 0.25) is 0 Å². The van der Waals surface area contributed by atoms with Crippen LogP contribution in [0.25, 0.3) is 0 Å². The van der Waals surface area contributed by atoms with E-state index in [0.717, 1.165) is 0 Å². The SMILES string of the molecule is CCCC(CC(=O)CCl)NC(=O)C(F)(F)C(F)(F)F. The predicted octanol–water partition coefficient (Wildman–Crippen LogP) is 2.67. The van der Waals surface area contributed by atoms with Crippen LogP contribution in [0.5, 0.6) is 0 Å². The van der Waals surface area contributed by atoms with E-state index in [1.807, 2.05) is 0 Å². The summed E-state index contributed by atoms with van der Waals surface area (Å²) >= 11 is 5.20. The molecular weight excluding hydrogens is 297 g/mol. The van der Waals surface area contributed by atoms with Crippen LogP contribution in [0.15, 0.2) is 0 Å². The first-order valence-corrected chi connectivity index (χ1v) is 5.92. The number of Topliss-reactive ketones (excluding diaryl/α,β-unsaturated/α-hetero) is 1. The molecule has 112 valence electrons. The molecule has 1 N–H and O–H groups in total. The van der Waals surface area contributed by atoms with E-state index < -0.39 is 35.7 Å². The number of carbonyl (C=O) groups is 2. The lowest BCUT2D eigenvalue weighted by Gasteiger charge is -2.23. The van der Waals surface area contributed by atoms with Crippen molar-refractivity contribution < 1.29 is 31.5 Å². The van der Waals surface area contributed by atoms with Crippen molar-refractivity contribution in [3.8, 4) is 0 Å². The van der Waals surface area contributed by atoms with E-state index in [9.17, 15) is 31.5 Å². The summed E-state index contributed by atoms with van der Waals surface area (Å²) in [6.45, 7) is 1.63. The van der Waals surface area contributed by atoms with Crippen molar-refractivity contribution in [2.75, 3.05) is 5.88 Å². The Labute approximate surface area is 111 Å². The molecule has 0 heterocycles. The maximum atomic E-state index is 12.7. The Morgan fingerprint density at radius 1 is 1.21 bits per heavy atom. The van der Waals surface area contributed by atoms with Gasteiger partial charge in [-0.3, -0.25) is 9.59 Å². The Bertz CT molecular complexity index is 332. The van der Waals surface area contributed by atoms with Crippen molar-refractivity contribution in [2.24, 2.45) is 0 Å². The summed E-state index contributed by atoms with van der Waals surface area (Å²) in [6, 6.07) is -1.09. The van der Waals surface area contributed by atoms with Gasteiger partial charge < -0.3 is 5.32 Å². The molecule has 0 aromatic heterocycles.